The van der Waals surface area contributed by atoms with Crippen LogP contribution in [0.3, 0.4) is 0 Å². The number of carbonyl (C=O) groups is 1. The molecule has 0 spiro atoms. The molecule has 2 aliphatic heterocycles. The molecule has 4 heterocycles. The Morgan fingerprint density at radius 1 is 0.845 bits per heavy atom. The number of piperazine rings is 1. The Hall–Kier alpha value is -4.58. The van der Waals surface area contributed by atoms with E-state index in [1.165, 1.54) is 50.9 Å². The molecule has 2 aliphatic rings. The highest BCUT2D eigenvalue weighted by Gasteiger charge is 2.28. The van der Waals surface area contributed by atoms with E-state index in [0.717, 1.165) is 62.9 Å². The number of H-pyrrole nitrogens is 1. The molecule has 2 saturated heterocycles. The van der Waals surface area contributed by atoms with Gasteiger partial charge in [0.25, 0.3) is 5.91 Å². The van der Waals surface area contributed by atoms with Gasteiger partial charge in [0.15, 0.2) is 23.2 Å². The van der Waals surface area contributed by atoms with Crippen molar-refractivity contribution in [2.45, 2.75) is 120 Å². The van der Waals surface area contributed by atoms with Crippen molar-refractivity contribution in [3.05, 3.63) is 77.8 Å². The highest BCUT2D eigenvalue weighted by molar-refractivity contribution is 6.01. The van der Waals surface area contributed by atoms with E-state index in [9.17, 15) is 13.6 Å². The zero-order chi connectivity index (χ0) is 43.3. The summed E-state index contributed by atoms with van der Waals surface area (Å²) in [5.41, 5.74) is 2.57. The van der Waals surface area contributed by atoms with E-state index < -0.39 is 11.6 Å². The van der Waals surface area contributed by atoms with E-state index in [0.29, 0.717) is 26.0 Å². The van der Waals surface area contributed by atoms with Gasteiger partial charge in [0, 0.05) is 67.8 Å². The molecule has 12 heteroatoms. The maximum absolute atomic E-state index is 15.4. The Morgan fingerprint density at radius 3 is 1.97 bits per heavy atom. The number of aryl methyl sites for hydroxylation is 1. The highest BCUT2D eigenvalue weighted by atomic mass is 19.1. The zero-order valence-electron chi connectivity index (χ0n) is 37.0. The zero-order valence-corrected chi connectivity index (χ0v) is 37.0. The number of hydrogen-bond donors (Lipinski definition) is 3. The predicted molar refractivity (Wildman–Crippen MR) is 239 cm³/mol. The lowest BCUT2D eigenvalue weighted by Crippen LogP contribution is -2.43. The summed E-state index contributed by atoms with van der Waals surface area (Å²) in [6, 6.07) is 10.4. The second kappa shape index (κ2) is 30.5. The molecule has 0 radical (unpaired) electrons. The quantitative estimate of drug-likeness (QED) is 0.108. The molecule has 0 unspecified atom stereocenters. The Kier molecular flexibility index (Phi) is 27.0. The number of nitrogens with zero attached hydrogens (tertiary/aromatic N) is 4. The van der Waals surface area contributed by atoms with Crippen molar-refractivity contribution in [3.8, 4) is 11.6 Å². The van der Waals surface area contributed by atoms with Crippen molar-refractivity contribution >= 4 is 34.0 Å². The van der Waals surface area contributed by atoms with E-state index in [2.05, 4.69) is 58.2 Å². The van der Waals surface area contributed by atoms with Gasteiger partial charge in [0.1, 0.15) is 11.9 Å². The molecule has 2 fully saturated rings. The number of anilines is 3. The Labute approximate surface area is 347 Å². The number of benzene rings is 2. The number of likely N-dealkylation sites (tertiary alicyclic amines) is 1. The Balaban J connectivity index is 0.000000795. The Morgan fingerprint density at radius 2 is 1.43 bits per heavy atom. The number of piperidine rings is 1. The van der Waals surface area contributed by atoms with E-state index in [-0.39, 0.29) is 39.8 Å². The molecular formula is C46H72F3N7O2. The minimum absolute atomic E-state index is 0.0567. The Bertz CT molecular complexity index is 1710. The second-order valence-corrected chi connectivity index (χ2v) is 13.6. The number of ether oxygens (including phenoxy) is 1. The highest BCUT2D eigenvalue weighted by Crippen LogP contribution is 2.36. The third-order valence-electron chi connectivity index (χ3n) is 9.18. The average Bonchev–Trinajstić information content (AvgIpc) is 3.69. The monoisotopic (exact) mass is 812 g/mol. The number of fused-ring (bicyclic) bond motifs is 1. The fraction of sp³-hybridized carbons (Fsp3) is 0.543. The van der Waals surface area contributed by atoms with Crippen molar-refractivity contribution in [1.82, 2.24) is 25.2 Å². The number of aromatic amines is 1. The molecule has 0 bridgehead atoms. The molecule has 58 heavy (non-hydrogen) atoms. The van der Waals surface area contributed by atoms with Crippen LogP contribution in [0.5, 0.6) is 11.6 Å². The summed E-state index contributed by atoms with van der Waals surface area (Å²) in [6.45, 7) is 23.4. The lowest BCUT2D eigenvalue weighted by molar-refractivity contribution is 0.0721. The summed E-state index contributed by atoms with van der Waals surface area (Å²) in [4.78, 5) is 29.2. The van der Waals surface area contributed by atoms with Gasteiger partial charge in [-0.2, -0.15) is 0 Å². The maximum Gasteiger partial charge on any atom is 0.263 e. The summed E-state index contributed by atoms with van der Waals surface area (Å²) in [7, 11) is 0.500. The van der Waals surface area contributed by atoms with E-state index in [1.807, 2.05) is 64.1 Å². The first-order valence-corrected chi connectivity index (χ1v) is 21.3. The molecule has 4 aromatic rings. The van der Waals surface area contributed by atoms with Crippen molar-refractivity contribution in [3.63, 3.8) is 0 Å². The minimum Gasteiger partial charge on any atom is -0.435 e. The molecule has 6 rings (SSSR count). The number of rotatable bonds is 10. The van der Waals surface area contributed by atoms with E-state index in [4.69, 9.17) is 4.74 Å². The van der Waals surface area contributed by atoms with Crippen LogP contribution in [-0.2, 0) is 0 Å². The lowest BCUT2D eigenvalue weighted by Gasteiger charge is -2.29. The van der Waals surface area contributed by atoms with Gasteiger partial charge in [-0.1, -0.05) is 92.2 Å². The molecule has 0 saturated carbocycles. The first-order valence-electron chi connectivity index (χ1n) is 21.3. The summed E-state index contributed by atoms with van der Waals surface area (Å²) >= 11 is 0. The van der Waals surface area contributed by atoms with Crippen LogP contribution in [0.15, 0.2) is 54.9 Å². The fourth-order valence-electron chi connectivity index (χ4n) is 5.82. The molecule has 2 aromatic carbocycles. The van der Waals surface area contributed by atoms with E-state index in [1.54, 1.807) is 11.8 Å². The van der Waals surface area contributed by atoms with Crippen LogP contribution in [0.25, 0.3) is 10.9 Å². The third-order valence-corrected chi connectivity index (χ3v) is 9.18. The van der Waals surface area contributed by atoms with Gasteiger partial charge in [-0.05, 0) is 70.4 Å². The summed E-state index contributed by atoms with van der Waals surface area (Å²) in [6.07, 6.45) is 16.2. The molecular weight excluding hydrogens is 740 g/mol. The van der Waals surface area contributed by atoms with Gasteiger partial charge in [0.2, 0.25) is 5.88 Å². The van der Waals surface area contributed by atoms with Gasteiger partial charge in [-0.25, -0.2) is 18.7 Å². The van der Waals surface area contributed by atoms with Gasteiger partial charge >= 0.3 is 0 Å². The molecule has 324 valence electrons. The number of amides is 1. The number of unbranched alkanes of at least 4 members (excludes halogenated alkanes) is 4. The molecule has 2 aromatic heterocycles. The summed E-state index contributed by atoms with van der Waals surface area (Å²) in [5.74, 6) is -2.00. The number of aromatic nitrogens is 3. The second-order valence-electron chi connectivity index (χ2n) is 13.6. The number of nitrogens with one attached hydrogen (secondary N) is 3. The number of halogens is 3. The lowest BCUT2D eigenvalue weighted by atomic mass is 10.1. The normalized spacial score (nSPS) is 13.3. The van der Waals surface area contributed by atoms with Crippen LogP contribution >= 0.6 is 0 Å². The summed E-state index contributed by atoms with van der Waals surface area (Å²) < 4.78 is 45.6. The van der Waals surface area contributed by atoms with Crippen LogP contribution in [0.2, 0.25) is 0 Å². The fourth-order valence-corrected chi connectivity index (χ4v) is 5.82. The van der Waals surface area contributed by atoms with Gasteiger partial charge < -0.3 is 30.2 Å². The first kappa shape index (κ1) is 51.4. The smallest absolute Gasteiger partial charge is 0.263 e. The standard InChI is InChI=1S/C29H31F2N7O2.C6H14.C4H10.C4H8.C2H6.CH3F/c1-18-15-21-25(31)23(16-22(30)26(21)35-18)40-28-24(29(39)38-11-3-2-4-12-38)27(33-17-34-28)36-19-5-7-20(8-6-19)37-13-9-32-10-14-37;1-3-5-6-4-2;2*1-3-4-2;2*1-2/h5-8,15-17,32,35H,2-4,9-14H2,1H3,(H,33,34,36);3-6H2,1-2H3;3-4H2,1-2H3;3-4H,1-2H3;1-2H3;1H3/b;;;4-3+;;. The van der Waals surface area contributed by atoms with Crippen molar-refractivity contribution in [2.24, 2.45) is 0 Å². The number of allylic oxidation sites excluding steroid dienone is 2. The molecule has 0 atom stereocenters. The molecule has 0 aliphatic carbocycles. The van der Waals surface area contributed by atoms with Gasteiger partial charge in [0.05, 0.1) is 12.7 Å². The van der Waals surface area contributed by atoms with Gasteiger partial charge in [-0.15, -0.1) is 0 Å². The van der Waals surface area contributed by atoms with E-state index >= 15 is 4.39 Å². The van der Waals surface area contributed by atoms with Crippen molar-refractivity contribution < 1.29 is 22.7 Å². The largest absolute Gasteiger partial charge is 0.435 e. The van der Waals surface area contributed by atoms with Crippen LogP contribution in [0, 0.1) is 18.6 Å². The van der Waals surface area contributed by atoms with Gasteiger partial charge in [-0.3, -0.25) is 9.18 Å². The molecule has 3 N–H and O–H groups in total. The van der Waals surface area contributed by atoms with Crippen molar-refractivity contribution in [2.75, 3.05) is 56.7 Å². The van der Waals surface area contributed by atoms with Crippen molar-refractivity contribution in [1.29, 1.82) is 0 Å². The number of carbonyl (C=O) groups excluding carboxylic acids is 1. The maximum atomic E-state index is 15.4. The van der Waals surface area contributed by atoms with Crippen LogP contribution in [-0.4, -0.2) is 72.2 Å². The molecule has 9 nitrogen and oxygen atoms in total. The van der Waals surface area contributed by atoms with Crippen LogP contribution in [0.4, 0.5) is 30.4 Å². The first-order chi connectivity index (χ1) is 28.2. The average molecular weight is 812 g/mol. The third kappa shape index (κ3) is 16.7. The minimum atomic E-state index is -0.742. The van der Waals surface area contributed by atoms with Crippen LogP contribution in [0.1, 0.15) is 129 Å². The number of alkyl halides is 1. The predicted octanol–water partition coefficient (Wildman–Crippen LogP) is 12.7. The molecule has 1 amide bonds. The number of hydrogen-bond acceptors (Lipinski definition) is 7. The topological polar surface area (TPSA) is 98.4 Å². The SMILES string of the molecule is C/C=C/C.CC.CCCC.CCCCCC.CF.Cc1cc2c(F)c(Oc3ncnc(Nc4ccc(N5CCNCC5)cc4)c3C(=O)N3CCCCC3)cc(F)c2[nH]1. The summed E-state index contributed by atoms with van der Waals surface area (Å²) in [5, 5.41) is 6.64. The van der Waals surface area contributed by atoms with Crippen LogP contribution < -0.4 is 20.3 Å².